The topological polar surface area (TPSA) is 44.5 Å². The lowest BCUT2D eigenvalue weighted by atomic mass is 9.66. The standard InChI is InChI=1S/C16H23NO2/c1-3-19-14-5-4-13(8-12(14)2)16(10-18-11-16)15(9-17)6-7-15/h4-5,8H,3,6-7,9-11,17H2,1-2H3. The van der Waals surface area contributed by atoms with Crippen LogP contribution in [-0.4, -0.2) is 26.4 Å². The summed E-state index contributed by atoms with van der Waals surface area (Å²) in [5.41, 5.74) is 9.05. The Bertz CT molecular complexity index is 476. The van der Waals surface area contributed by atoms with E-state index in [1.165, 1.54) is 24.0 Å². The molecule has 1 aliphatic carbocycles. The molecule has 3 heteroatoms. The van der Waals surface area contributed by atoms with Gasteiger partial charge in [0.15, 0.2) is 0 Å². The molecule has 0 amide bonds. The van der Waals surface area contributed by atoms with Crippen LogP contribution in [-0.2, 0) is 10.2 Å². The predicted molar refractivity (Wildman–Crippen MR) is 75.6 cm³/mol. The molecule has 3 rings (SSSR count). The molecule has 1 saturated heterocycles. The molecule has 0 atom stereocenters. The summed E-state index contributed by atoms with van der Waals surface area (Å²) in [6, 6.07) is 6.57. The van der Waals surface area contributed by atoms with Gasteiger partial charge in [-0.2, -0.15) is 0 Å². The summed E-state index contributed by atoms with van der Waals surface area (Å²) in [4.78, 5) is 0. The number of benzene rings is 1. The number of aryl methyl sites for hydroxylation is 1. The van der Waals surface area contributed by atoms with Crippen LogP contribution in [0.15, 0.2) is 18.2 Å². The van der Waals surface area contributed by atoms with Crippen molar-refractivity contribution in [2.75, 3.05) is 26.4 Å². The molecule has 0 spiro atoms. The highest BCUT2D eigenvalue weighted by Gasteiger charge is 2.62. The van der Waals surface area contributed by atoms with Crippen molar-refractivity contribution in [1.82, 2.24) is 0 Å². The average Bonchev–Trinajstić information content (AvgIpc) is 3.13. The smallest absolute Gasteiger partial charge is 0.122 e. The minimum absolute atomic E-state index is 0.150. The van der Waals surface area contributed by atoms with E-state index in [-0.39, 0.29) is 10.8 Å². The Morgan fingerprint density at radius 3 is 2.47 bits per heavy atom. The average molecular weight is 261 g/mol. The first-order valence-electron chi connectivity index (χ1n) is 7.19. The molecule has 0 bridgehead atoms. The number of hydrogen-bond acceptors (Lipinski definition) is 3. The molecule has 0 radical (unpaired) electrons. The normalized spacial score (nSPS) is 22.7. The van der Waals surface area contributed by atoms with Gasteiger partial charge >= 0.3 is 0 Å². The first-order chi connectivity index (χ1) is 9.17. The third-order valence-electron chi connectivity index (χ3n) is 4.98. The van der Waals surface area contributed by atoms with E-state index in [9.17, 15) is 0 Å². The third kappa shape index (κ3) is 1.79. The summed E-state index contributed by atoms with van der Waals surface area (Å²) < 4.78 is 11.2. The van der Waals surface area contributed by atoms with E-state index >= 15 is 0 Å². The molecule has 104 valence electrons. The highest BCUT2D eigenvalue weighted by molar-refractivity contribution is 5.43. The zero-order valence-corrected chi connectivity index (χ0v) is 11.9. The van der Waals surface area contributed by atoms with Gasteiger partial charge in [-0.1, -0.05) is 12.1 Å². The fraction of sp³-hybridized carbons (Fsp3) is 0.625. The van der Waals surface area contributed by atoms with Gasteiger partial charge in [-0.15, -0.1) is 0 Å². The molecule has 19 heavy (non-hydrogen) atoms. The van der Waals surface area contributed by atoms with Crippen LogP contribution >= 0.6 is 0 Å². The molecule has 2 fully saturated rings. The van der Waals surface area contributed by atoms with Gasteiger partial charge in [0.25, 0.3) is 0 Å². The molecule has 0 aromatic heterocycles. The van der Waals surface area contributed by atoms with Gasteiger partial charge in [-0.25, -0.2) is 0 Å². The molecule has 1 heterocycles. The summed E-state index contributed by atoms with van der Waals surface area (Å²) in [6.45, 7) is 7.24. The number of ether oxygens (including phenoxy) is 2. The van der Waals surface area contributed by atoms with Crippen molar-refractivity contribution in [2.45, 2.75) is 32.1 Å². The molecular weight excluding hydrogens is 238 g/mol. The first-order valence-corrected chi connectivity index (χ1v) is 7.19. The van der Waals surface area contributed by atoms with Crippen LogP contribution < -0.4 is 10.5 Å². The van der Waals surface area contributed by atoms with E-state index in [0.29, 0.717) is 6.61 Å². The van der Waals surface area contributed by atoms with Crippen molar-refractivity contribution in [1.29, 1.82) is 0 Å². The van der Waals surface area contributed by atoms with E-state index < -0.39 is 0 Å². The van der Waals surface area contributed by atoms with E-state index in [2.05, 4.69) is 25.1 Å². The van der Waals surface area contributed by atoms with Gasteiger partial charge in [0.05, 0.1) is 19.8 Å². The van der Waals surface area contributed by atoms with Gasteiger partial charge in [0.2, 0.25) is 0 Å². The zero-order valence-electron chi connectivity index (χ0n) is 11.9. The van der Waals surface area contributed by atoms with Gasteiger partial charge in [-0.05, 0) is 55.8 Å². The largest absolute Gasteiger partial charge is 0.494 e. The van der Waals surface area contributed by atoms with Crippen LogP contribution in [0.3, 0.4) is 0 Å². The number of rotatable bonds is 5. The van der Waals surface area contributed by atoms with Gasteiger partial charge in [0, 0.05) is 5.41 Å². The Morgan fingerprint density at radius 2 is 2.05 bits per heavy atom. The van der Waals surface area contributed by atoms with E-state index in [4.69, 9.17) is 15.2 Å². The minimum atomic E-state index is 0.150. The van der Waals surface area contributed by atoms with Gasteiger partial charge in [-0.3, -0.25) is 0 Å². The highest BCUT2D eigenvalue weighted by atomic mass is 16.5. The number of hydrogen-bond donors (Lipinski definition) is 1. The highest BCUT2D eigenvalue weighted by Crippen LogP contribution is 2.61. The quantitative estimate of drug-likeness (QED) is 0.885. The maximum absolute atomic E-state index is 6.04. The molecule has 1 aromatic carbocycles. The minimum Gasteiger partial charge on any atom is -0.494 e. The summed E-state index contributed by atoms with van der Waals surface area (Å²) >= 11 is 0. The van der Waals surface area contributed by atoms with Crippen LogP contribution in [0.5, 0.6) is 5.75 Å². The second-order valence-electron chi connectivity index (χ2n) is 5.97. The third-order valence-corrected chi connectivity index (χ3v) is 4.98. The van der Waals surface area contributed by atoms with E-state index in [1.807, 2.05) is 6.92 Å². The molecule has 2 N–H and O–H groups in total. The monoisotopic (exact) mass is 261 g/mol. The second-order valence-corrected chi connectivity index (χ2v) is 5.97. The maximum Gasteiger partial charge on any atom is 0.122 e. The summed E-state index contributed by atoms with van der Waals surface area (Å²) in [6.07, 6.45) is 2.47. The van der Waals surface area contributed by atoms with Crippen molar-refractivity contribution >= 4 is 0 Å². The molecule has 1 aliphatic heterocycles. The second kappa shape index (κ2) is 4.50. The fourth-order valence-corrected chi connectivity index (χ4v) is 3.38. The van der Waals surface area contributed by atoms with Crippen molar-refractivity contribution in [3.8, 4) is 5.75 Å². The molecule has 1 aromatic rings. The lowest BCUT2D eigenvalue weighted by Crippen LogP contribution is -2.56. The Morgan fingerprint density at radius 1 is 1.32 bits per heavy atom. The SMILES string of the molecule is CCOc1ccc(C2(C3(CN)CC3)COC2)cc1C. The molecule has 0 unspecified atom stereocenters. The Labute approximate surface area is 115 Å². The first kappa shape index (κ1) is 12.9. The maximum atomic E-state index is 6.04. The van der Waals surface area contributed by atoms with Crippen LogP contribution in [0.2, 0.25) is 0 Å². The summed E-state index contributed by atoms with van der Waals surface area (Å²) in [5.74, 6) is 0.985. The molecule has 2 aliphatic rings. The Balaban J connectivity index is 1.95. The predicted octanol–water partition coefficient (Wildman–Crippen LogP) is 2.40. The zero-order chi connectivity index (χ0) is 13.5. The van der Waals surface area contributed by atoms with Crippen molar-refractivity contribution < 1.29 is 9.47 Å². The lowest BCUT2D eigenvalue weighted by Gasteiger charge is -2.48. The molecule has 1 saturated carbocycles. The number of nitrogens with two attached hydrogens (primary N) is 1. The summed E-state index contributed by atoms with van der Waals surface area (Å²) in [5, 5.41) is 0. The Hall–Kier alpha value is -1.06. The van der Waals surface area contributed by atoms with Crippen molar-refractivity contribution in [3.63, 3.8) is 0 Å². The fourth-order valence-electron chi connectivity index (χ4n) is 3.38. The molecule has 3 nitrogen and oxygen atoms in total. The van der Waals surface area contributed by atoms with Gasteiger partial charge < -0.3 is 15.2 Å². The van der Waals surface area contributed by atoms with Crippen LogP contribution in [0.1, 0.15) is 30.9 Å². The van der Waals surface area contributed by atoms with Crippen molar-refractivity contribution in [2.24, 2.45) is 11.1 Å². The van der Waals surface area contributed by atoms with Crippen molar-refractivity contribution in [3.05, 3.63) is 29.3 Å². The van der Waals surface area contributed by atoms with Gasteiger partial charge in [0.1, 0.15) is 5.75 Å². The van der Waals surface area contributed by atoms with Crippen LogP contribution in [0, 0.1) is 12.3 Å². The van der Waals surface area contributed by atoms with Crippen LogP contribution in [0.4, 0.5) is 0 Å². The molecular formula is C16H23NO2. The van der Waals surface area contributed by atoms with Crippen LogP contribution in [0.25, 0.3) is 0 Å². The Kier molecular flexibility index (Phi) is 3.06. The van der Waals surface area contributed by atoms with E-state index in [1.54, 1.807) is 0 Å². The summed E-state index contributed by atoms with van der Waals surface area (Å²) in [7, 11) is 0. The lowest BCUT2D eigenvalue weighted by molar-refractivity contribution is -0.0973. The van der Waals surface area contributed by atoms with E-state index in [0.717, 1.165) is 25.5 Å².